The van der Waals surface area contributed by atoms with Gasteiger partial charge in [-0.05, 0) is 31.0 Å². The van der Waals surface area contributed by atoms with Crippen LogP contribution in [0.25, 0.3) is 0 Å². The highest BCUT2D eigenvalue weighted by Crippen LogP contribution is 2.26. The number of thioether (sulfide) groups is 1. The number of benzene rings is 1. The minimum absolute atomic E-state index is 0.176. The van der Waals surface area contributed by atoms with Crippen molar-refractivity contribution in [3.8, 4) is 0 Å². The van der Waals surface area contributed by atoms with Gasteiger partial charge in [0.2, 0.25) is 5.91 Å². The van der Waals surface area contributed by atoms with Gasteiger partial charge in [-0.1, -0.05) is 6.07 Å². The first-order valence-electron chi connectivity index (χ1n) is 5.43. The molecule has 1 aromatic carbocycles. The zero-order valence-electron chi connectivity index (χ0n) is 9.32. The van der Waals surface area contributed by atoms with Crippen LogP contribution in [0.1, 0.15) is 18.4 Å². The third-order valence-corrected chi connectivity index (χ3v) is 4.06. The maximum Gasteiger partial charge on any atom is 0.220 e. The largest absolute Gasteiger partial charge is 0.399 e. The van der Waals surface area contributed by atoms with Gasteiger partial charge < -0.3 is 11.1 Å². The fourth-order valence-corrected chi connectivity index (χ4v) is 2.91. The van der Waals surface area contributed by atoms with Gasteiger partial charge in [-0.2, -0.15) is 0 Å². The van der Waals surface area contributed by atoms with E-state index in [0.29, 0.717) is 12.5 Å². The van der Waals surface area contributed by atoms with Gasteiger partial charge in [0.1, 0.15) is 0 Å². The number of aryl methyl sites for hydroxylation is 1. The van der Waals surface area contributed by atoms with E-state index < -0.39 is 0 Å². The van der Waals surface area contributed by atoms with Gasteiger partial charge in [-0.3, -0.25) is 4.79 Å². The molecule has 0 saturated carbocycles. The second-order valence-corrected chi connectivity index (χ2v) is 5.20. The number of nitrogens with one attached hydrogen (secondary N) is 1. The molecule has 1 aliphatic rings. The van der Waals surface area contributed by atoms with Gasteiger partial charge in [-0.25, -0.2) is 0 Å². The summed E-state index contributed by atoms with van der Waals surface area (Å²) in [5.41, 5.74) is 7.78. The fraction of sp³-hybridized carbons (Fsp3) is 0.417. The van der Waals surface area contributed by atoms with Gasteiger partial charge in [0, 0.05) is 28.8 Å². The van der Waals surface area contributed by atoms with Crippen LogP contribution in [0.2, 0.25) is 0 Å². The molecule has 3 nitrogen and oxygen atoms in total. The molecule has 0 aromatic heterocycles. The smallest absolute Gasteiger partial charge is 0.220 e. The molecule has 1 amide bonds. The summed E-state index contributed by atoms with van der Waals surface area (Å²) in [6.07, 6.45) is 1.62. The van der Waals surface area contributed by atoms with Gasteiger partial charge >= 0.3 is 0 Å². The third-order valence-electron chi connectivity index (χ3n) is 2.74. The van der Waals surface area contributed by atoms with E-state index in [1.54, 1.807) is 11.8 Å². The molecule has 4 heteroatoms. The molecule has 1 atom stereocenters. The Hall–Kier alpha value is -1.16. The van der Waals surface area contributed by atoms with E-state index in [9.17, 15) is 4.79 Å². The van der Waals surface area contributed by atoms with Crippen molar-refractivity contribution < 1.29 is 4.79 Å². The normalized spacial score (nSPS) is 19.8. The fourth-order valence-electron chi connectivity index (χ4n) is 1.76. The average Bonchev–Trinajstić information content (AvgIpc) is 2.66. The predicted octanol–water partition coefficient (Wildman–Crippen LogP) is 1.95. The van der Waals surface area contributed by atoms with Crippen LogP contribution >= 0.6 is 11.8 Å². The molecule has 1 saturated heterocycles. The van der Waals surface area contributed by atoms with Crippen molar-refractivity contribution in [2.24, 2.45) is 0 Å². The summed E-state index contributed by atoms with van der Waals surface area (Å²) in [6.45, 7) is 2.08. The highest BCUT2D eigenvalue weighted by atomic mass is 32.2. The Labute approximate surface area is 99.8 Å². The number of nitrogens with two attached hydrogens (primary N) is 1. The summed E-state index contributed by atoms with van der Waals surface area (Å²) in [6, 6.07) is 6.26. The number of nitrogen functional groups attached to an aromatic ring is 1. The minimum atomic E-state index is 0.176. The summed E-state index contributed by atoms with van der Waals surface area (Å²) in [4.78, 5) is 12.3. The second kappa shape index (κ2) is 4.78. The van der Waals surface area contributed by atoms with E-state index in [1.165, 1.54) is 10.5 Å². The zero-order valence-corrected chi connectivity index (χ0v) is 10.1. The van der Waals surface area contributed by atoms with Gasteiger partial charge in [-0.15, -0.1) is 11.8 Å². The summed E-state index contributed by atoms with van der Waals surface area (Å²) >= 11 is 1.77. The van der Waals surface area contributed by atoms with Crippen LogP contribution in [-0.2, 0) is 4.79 Å². The number of hydrogen-bond donors (Lipinski definition) is 2. The molecule has 0 bridgehead atoms. The lowest BCUT2D eigenvalue weighted by molar-refractivity contribution is -0.119. The summed E-state index contributed by atoms with van der Waals surface area (Å²) < 4.78 is 0. The maximum absolute atomic E-state index is 11.0. The van der Waals surface area contributed by atoms with E-state index in [0.717, 1.165) is 17.9 Å². The minimum Gasteiger partial charge on any atom is -0.399 e. The molecule has 0 aliphatic carbocycles. The number of carbonyl (C=O) groups excluding carboxylic acids is 1. The first-order valence-corrected chi connectivity index (χ1v) is 6.42. The quantitative estimate of drug-likeness (QED) is 0.623. The van der Waals surface area contributed by atoms with Crippen molar-refractivity contribution in [3.05, 3.63) is 23.8 Å². The Morgan fingerprint density at radius 3 is 3.06 bits per heavy atom. The molecule has 1 fully saturated rings. The van der Waals surface area contributed by atoms with Crippen LogP contribution in [0.3, 0.4) is 0 Å². The summed E-state index contributed by atoms with van der Waals surface area (Å²) in [5, 5.41) is 2.97. The van der Waals surface area contributed by atoms with Crippen molar-refractivity contribution in [1.29, 1.82) is 0 Å². The van der Waals surface area contributed by atoms with Crippen molar-refractivity contribution in [2.75, 3.05) is 11.5 Å². The Bertz CT molecular complexity index is 406. The van der Waals surface area contributed by atoms with Crippen molar-refractivity contribution >= 4 is 23.4 Å². The Kier molecular flexibility index (Phi) is 3.39. The van der Waals surface area contributed by atoms with E-state index in [4.69, 9.17) is 5.73 Å². The molecule has 1 heterocycles. The van der Waals surface area contributed by atoms with E-state index >= 15 is 0 Å². The lowest BCUT2D eigenvalue weighted by Gasteiger charge is -2.11. The number of anilines is 1. The van der Waals surface area contributed by atoms with Crippen molar-refractivity contribution in [2.45, 2.75) is 30.7 Å². The predicted molar refractivity (Wildman–Crippen MR) is 67.5 cm³/mol. The molecule has 16 heavy (non-hydrogen) atoms. The van der Waals surface area contributed by atoms with Gasteiger partial charge in [0.25, 0.3) is 0 Å². The van der Waals surface area contributed by atoms with Crippen LogP contribution < -0.4 is 11.1 Å². The van der Waals surface area contributed by atoms with Crippen LogP contribution in [0.15, 0.2) is 23.1 Å². The Morgan fingerprint density at radius 2 is 2.38 bits per heavy atom. The number of amides is 1. The van der Waals surface area contributed by atoms with Crippen molar-refractivity contribution in [3.63, 3.8) is 0 Å². The molecule has 2 rings (SSSR count). The SMILES string of the molecule is Cc1ccc(N)cc1SCC1CCC(=O)N1. The topological polar surface area (TPSA) is 55.1 Å². The monoisotopic (exact) mass is 236 g/mol. The summed E-state index contributed by atoms with van der Waals surface area (Å²) in [5.74, 6) is 1.10. The standard InChI is InChI=1S/C12H16N2OS/c1-8-2-3-9(13)6-11(8)16-7-10-4-5-12(15)14-10/h2-3,6,10H,4-5,7,13H2,1H3,(H,14,15). The molecular weight excluding hydrogens is 220 g/mol. The lowest BCUT2D eigenvalue weighted by atomic mass is 10.2. The first kappa shape index (κ1) is 11.3. The van der Waals surface area contributed by atoms with Crippen LogP contribution in [0, 0.1) is 6.92 Å². The average molecular weight is 236 g/mol. The number of rotatable bonds is 3. The second-order valence-electron chi connectivity index (χ2n) is 4.14. The van der Waals surface area contributed by atoms with Gasteiger partial charge in [0.05, 0.1) is 0 Å². The molecule has 1 aromatic rings. The molecule has 1 aliphatic heterocycles. The summed E-state index contributed by atoms with van der Waals surface area (Å²) in [7, 11) is 0. The van der Waals surface area contributed by atoms with Crippen LogP contribution in [0.4, 0.5) is 5.69 Å². The lowest BCUT2D eigenvalue weighted by Crippen LogP contribution is -2.27. The van der Waals surface area contributed by atoms with E-state index in [-0.39, 0.29) is 5.91 Å². The first-order chi connectivity index (χ1) is 7.65. The molecule has 0 radical (unpaired) electrons. The molecular formula is C12H16N2OS. The van der Waals surface area contributed by atoms with Crippen molar-refractivity contribution in [1.82, 2.24) is 5.32 Å². The van der Waals surface area contributed by atoms with Gasteiger partial charge in [0.15, 0.2) is 0 Å². The van der Waals surface area contributed by atoms with Crippen LogP contribution in [-0.4, -0.2) is 17.7 Å². The maximum atomic E-state index is 11.0. The highest BCUT2D eigenvalue weighted by Gasteiger charge is 2.20. The number of hydrogen-bond acceptors (Lipinski definition) is 3. The molecule has 3 N–H and O–H groups in total. The Balaban J connectivity index is 1.94. The Morgan fingerprint density at radius 1 is 1.56 bits per heavy atom. The van der Waals surface area contributed by atoms with E-state index in [1.807, 2.05) is 18.2 Å². The van der Waals surface area contributed by atoms with E-state index in [2.05, 4.69) is 12.2 Å². The molecule has 1 unspecified atom stereocenters. The van der Waals surface area contributed by atoms with Crippen LogP contribution in [0.5, 0.6) is 0 Å². The number of carbonyl (C=O) groups is 1. The highest BCUT2D eigenvalue weighted by molar-refractivity contribution is 7.99. The zero-order chi connectivity index (χ0) is 11.5. The molecule has 0 spiro atoms. The molecule has 86 valence electrons. The third kappa shape index (κ3) is 2.70.